The number of carbonyl (C=O) groups excluding carboxylic acids is 2. The van der Waals surface area contributed by atoms with Gasteiger partial charge in [0.05, 0.1) is 5.54 Å². The third-order valence-corrected chi connectivity index (χ3v) is 7.04. The van der Waals surface area contributed by atoms with E-state index in [1.807, 2.05) is 0 Å². The first-order valence-corrected chi connectivity index (χ1v) is 8.80. The van der Waals surface area contributed by atoms with Crippen LogP contribution in [0.25, 0.3) is 0 Å². The molecule has 3 saturated carbocycles. The van der Waals surface area contributed by atoms with Crippen LogP contribution in [0.15, 0.2) is 0 Å². The zero-order chi connectivity index (χ0) is 14.9. The molecule has 0 aromatic carbocycles. The fourth-order valence-electron chi connectivity index (χ4n) is 5.50. The van der Waals surface area contributed by atoms with Crippen LogP contribution in [0.3, 0.4) is 0 Å². The number of hydrogen-bond acceptors (Lipinski definition) is 3. The normalized spacial score (nSPS) is 32.7. The van der Waals surface area contributed by atoms with Crippen molar-refractivity contribution in [1.82, 2.24) is 10.2 Å². The van der Waals surface area contributed by atoms with Gasteiger partial charge in [-0.15, -0.1) is 0 Å². The number of ether oxygens (including phenoxy) is 1. The molecule has 0 aromatic rings. The van der Waals surface area contributed by atoms with Gasteiger partial charge in [-0.25, -0.2) is 4.79 Å². The van der Waals surface area contributed by atoms with Crippen molar-refractivity contribution in [3.05, 3.63) is 0 Å². The van der Waals surface area contributed by atoms with Gasteiger partial charge in [0, 0.05) is 24.4 Å². The molecule has 1 N–H and O–H groups in total. The van der Waals surface area contributed by atoms with E-state index >= 15 is 0 Å². The molecule has 0 radical (unpaired) electrons. The monoisotopic (exact) mass is 304 g/mol. The lowest BCUT2D eigenvalue weighted by Gasteiger charge is -2.62. The van der Waals surface area contributed by atoms with Crippen LogP contribution in [-0.4, -0.2) is 42.1 Å². The molecule has 5 aliphatic rings. The van der Waals surface area contributed by atoms with Gasteiger partial charge in [0.15, 0.2) is 0 Å². The molecular formula is C17H24N2O3. The molecule has 0 aromatic heterocycles. The topological polar surface area (TPSA) is 58.6 Å². The highest BCUT2D eigenvalue weighted by Gasteiger charge is 2.59. The quantitative estimate of drug-likeness (QED) is 0.848. The molecule has 2 heterocycles. The fraction of sp³-hybridized carbons (Fsp3) is 0.882. The van der Waals surface area contributed by atoms with Crippen molar-refractivity contribution in [2.45, 2.75) is 50.5 Å². The maximum absolute atomic E-state index is 12.5. The Kier molecular flexibility index (Phi) is 2.51. The Morgan fingerprint density at radius 1 is 1.14 bits per heavy atom. The average Bonchev–Trinajstić information content (AvgIpc) is 2.67. The van der Waals surface area contributed by atoms with Gasteiger partial charge >= 0.3 is 6.09 Å². The van der Waals surface area contributed by atoms with Crippen LogP contribution < -0.4 is 5.32 Å². The summed E-state index contributed by atoms with van der Waals surface area (Å²) < 4.78 is 4.97. The van der Waals surface area contributed by atoms with Crippen LogP contribution >= 0.6 is 0 Å². The van der Waals surface area contributed by atoms with E-state index in [-0.39, 0.29) is 17.6 Å². The van der Waals surface area contributed by atoms with Crippen LogP contribution in [0.5, 0.6) is 0 Å². The first-order valence-electron chi connectivity index (χ1n) is 8.80. The van der Waals surface area contributed by atoms with Gasteiger partial charge in [-0.3, -0.25) is 4.79 Å². The Labute approximate surface area is 130 Å². The molecule has 5 fully saturated rings. The number of nitrogens with one attached hydrogen (secondary N) is 1. The summed E-state index contributed by atoms with van der Waals surface area (Å²) in [6.07, 6.45) is 8.23. The van der Waals surface area contributed by atoms with E-state index < -0.39 is 0 Å². The fourth-order valence-corrected chi connectivity index (χ4v) is 5.50. The molecule has 2 aliphatic heterocycles. The molecule has 5 rings (SSSR count). The van der Waals surface area contributed by atoms with Crippen molar-refractivity contribution in [2.24, 2.45) is 23.2 Å². The van der Waals surface area contributed by atoms with E-state index in [4.69, 9.17) is 4.74 Å². The predicted molar refractivity (Wildman–Crippen MR) is 79.0 cm³/mol. The molecule has 2 saturated heterocycles. The van der Waals surface area contributed by atoms with Crippen molar-refractivity contribution in [2.75, 3.05) is 19.7 Å². The highest BCUT2D eigenvalue weighted by atomic mass is 16.6. The minimum Gasteiger partial charge on any atom is -0.447 e. The number of cyclic esters (lactones) is 1. The Morgan fingerprint density at radius 3 is 2.41 bits per heavy atom. The number of rotatable bonds is 2. The van der Waals surface area contributed by atoms with Crippen molar-refractivity contribution in [1.29, 1.82) is 0 Å². The summed E-state index contributed by atoms with van der Waals surface area (Å²) in [6.45, 7) is 2.41. The maximum Gasteiger partial charge on any atom is 0.407 e. The molecule has 0 atom stereocenters. The smallest absolute Gasteiger partial charge is 0.407 e. The minimum absolute atomic E-state index is 0.0989. The molecule has 2 spiro atoms. The lowest BCUT2D eigenvalue weighted by atomic mass is 9.52. The molecule has 22 heavy (non-hydrogen) atoms. The number of hydrogen-bond donors (Lipinski definition) is 1. The lowest BCUT2D eigenvalue weighted by molar-refractivity contribution is -0.169. The second kappa shape index (κ2) is 4.18. The maximum atomic E-state index is 12.5. The third kappa shape index (κ3) is 1.77. The van der Waals surface area contributed by atoms with E-state index in [9.17, 15) is 9.59 Å². The van der Waals surface area contributed by atoms with Crippen LogP contribution in [0.2, 0.25) is 0 Å². The molecule has 0 bridgehead atoms. The van der Waals surface area contributed by atoms with Gasteiger partial charge in [0.25, 0.3) is 0 Å². The molecular weight excluding hydrogens is 280 g/mol. The third-order valence-electron chi connectivity index (χ3n) is 7.04. The van der Waals surface area contributed by atoms with Crippen LogP contribution in [0.4, 0.5) is 4.79 Å². The molecule has 120 valence electrons. The van der Waals surface area contributed by atoms with Gasteiger partial charge in [-0.05, 0) is 37.5 Å². The van der Waals surface area contributed by atoms with E-state index in [0.29, 0.717) is 17.9 Å². The number of alkyl carbamates (subject to hydrolysis) is 1. The van der Waals surface area contributed by atoms with Gasteiger partial charge in [-0.1, -0.05) is 19.3 Å². The number of carbonyl (C=O) groups is 2. The Bertz CT molecular complexity index is 522. The van der Waals surface area contributed by atoms with Crippen LogP contribution in [0.1, 0.15) is 44.9 Å². The van der Waals surface area contributed by atoms with Crippen molar-refractivity contribution in [3.8, 4) is 0 Å². The molecule has 2 amide bonds. The molecule has 5 heteroatoms. The van der Waals surface area contributed by atoms with Crippen molar-refractivity contribution >= 4 is 12.0 Å². The average molecular weight is 304 g/mol. The van der Waals surface area contributed by atoms with E-state index in [1.165, 1.54) is 32.1 Å². The highest BCUT2D eigenvalue weighted by Crippen LogP contribution is 2.58. The summed E-state index contributed by atoms with van der Waals surface area (Å²) in [5.41, 5.74) is 0.258. The second-order valence-corrected chi connectivity index (χ2v) is 8.64. The van der Waals surface area contributed by atoms with E-state index in [1.54, 1.807) is 0 Å². The molecule has 0 unspecified atom stereocenters. The number of nitrogens with zero attached hydrogens (tertiary/aromatic N) is 1. The summed E-state index contributed by atoms with van der Waals surface area (Å²) in [5.74, 6) is 2.38. The predicted octanol–water partition coefficient (Wildman–Crippen LogP) is 1.91. The summed E-state index contributed by atoms with van der Waals surface area (Å²) in [7, 11) is 0. The van der Waals surface area contributed by atoms with Crippen molar-refractivity contribution < 1.29 is 14.3 Å². The van der Waals surface area contributed by atoms with E-state index in [2.05, 4.69) is 10.2 Å². The summed E-state index contributed by atoms with van der Waals surface area (Å²) in [5, 5.41) is 2.86. The molecule has 3 aliphatic carbocycles. The SMILES string of the molecule is O=C1NC2(CO1)CC(C(=O)N1CC3(CC(C4CCC4)C3)C1)C2. The Morgan fingerprint density at radius 2 is 1.86 bits per heavy atom. The van der Waals surface area contributed by atoms with Crippen LogP contribution in [0, 0.1) is 23.2 Å². The van der Waals surface area contributed by atoms with Crippen molar-refractivity contribution in [3.63, 3.8) is 0 Å². The first-order chi connectivity index (χ1) is 10.6. The lowest BCUT2D eigenvalue weighted by Crippen LogP contribution is -2.67. The zero-order valence-electron chi connectivity index (χ0n) is 13.0. The first kappa shape index (κ1) is 13.2. The number of likely N-dealkylation sites (tertiary alicyclic amines) is 1. The van der Waals surface area contributed by atoms with E-state index in [0.717, 1.165) is 37.8 Å². The van der Waals surface area contributed by atoms with Gasteiger partial charge in [0.1, 0.15) is 6.61 Å². The Balaban J connectivity index is 1.10. The molecule has 5 nitrogen and oxygen atoms in total. The summed E-state index contributed by atoms with van der Waals surface area (Å²) in [6, 6.07) is 0. The Hall–Kier alpha value is -1.26. The van der Waals surface area contributed by atoms with Crippen LogP contribution in [-0.2, 0) is 9.53 Å². The standard InChI is InChI=1S/C17H24N2O3/c20-14(13-6-17(7-13)10-22-15(21)18-17)19-8-16(9-19)4-12(5-16)11-2-1-3-11/h11-13H,1-10H2,(H,18,21). The highest BCUT2D eigenvalue weighted by molar-refractivity contribution is 5.82. The second-order valence-electron chi connectivity index (χ2n) is 8.64. The summed E-state index contributed by atoms with van der Waals surface area (Å²) >= 11 is 0. The van der Waals surface area contributed by atoms with Gasteiger partial charge in [-0.2, -0.15) is 0 Å². The minimum atomic E-state index is -0.328. The number of amides is 2. The zero-order valence-corrected chi connectivity index (χ0v) is 13.0. The van der Waals surface area contributed by atoms with Gasteiger partial charge < -0.3 is 15.0 Å². The summed E-state index contributed by atoms with van der Waals surface area (Å²) in [4.78, 5) is 25.7. The van der Waals surface area contributed by atoms with Gasteiger partial charge in [0.2, 0.25) is 5.91 Å². The largest absolute Gasteiger partial charge is 0.447 e.